The number of halogens is 1. The summed E-state index contributed by atoms with van der Waals surface area (Å²) in [5, 5.41) is 3.18. The Bertz CT molecular complexity index is 511. The lowest BCUT2D eigenvalue weighted by molar-refractivity contribution is 0.446. The van der Waals surface area contributed by atoms with Crippen molar-refractivity contribution in [3.63, 3.8) is 0 Å². The van der Waals surface area contributed by atoms with Crippen LogP contribution in [0.5, 0.6) is 0 Å². The van der Waals surface area contributed by atoms with E-state index in [-0.39, 0.29) is 15.6 Å². The third-order valence-corrected chi connectivity index (χ3v) is 5.10. The van der Waals surface area contributed by atoms with Crippen LogP contribution in [0, 0.1) is 0 Å². The van der Waals surface area contributed by atoms with Gasteiger partial charge in [-0.3, -0.25) is 0 Å². The predicted octanol–water partition coefficient (Wildman–Crippen LogP) is 2.62. The highest BCUT2D eigenvalue weighted by atomic mass is 79.9. The van der Waals surface area contributed by atoms with E-state index in [1.54, 1.807) is 6.07 Å². The normalized spacial score (nSPS) is 14.0. The lowest BCUT2D eigenvalue weighted by Crippen LogP contribution is -2.31. The quantitative estimate of drug-likeness (QED) is 0.791. The molecule has 110 valence electrons. The van der Waals surface area contributed by atoms with Crippen molar-refractivity contribution in [1.82, 2.24) is 10.0 Å². The fraction of sp³-hybridized carbons (Fsp3) is 0.667. The molecule has 0 aliphatic rings. The highest BCUT2D eigenvalue weighted by Gasteiger charge is 2.23. The van der Waals surface area contributed by atoms with Gasteiger partial charge in [-0.05, 0) is 29.3 Å². The summed E-state index contributed by atoms with van der Waals surface area (Å²) in [5.41, 5.74) is 0. The van der Waals surface area contributed by atoms with E-state index >= 15 is 0 Å². The van der Waals surface area contributed by atoms with Gasteiger partial charge in [-0.1, -0.05) is 20.8 Å². The minimum Gasteiger partial charge on any atom is -0.452 e. The van der Waals surface area contributed by atoms with Gasteiger partial charge in [-0.2, -0.15) is 0 Å². The van der Waals surface area contributed by atoms with Crippen molar-refractivity contribution in [1.29, 1.82) is 0 Å². The minimum absolute atomic E-state index is 0.107. The summed E-state index contributed by atoms with van der Waals surface area (Å²) in [6.45, 7) is 8.28. The maximum atomic E-state index is 12.2. The molecule has 5 nitrogen and oxygen atoms in total. The highest BCUT2D eigenvalue weighted by molar-refractivity contribution is 9.10. The molecule has 0 saturated heterocycles. The Labute approximate surface area is 123 Å². The number of hydrogen-bond acceptors (Lipinski definition) is 4. The zero-order valence-corrected chi connectivity index (χ0v) is 14.1. The van der Waals surface area contributed by atoms with Gasteiger partial charge in [0.05, 0.1) is 6.54 Å². The summed E-state index contributed by atoms with van der Waals surface area (Å²) in [4.78, 5) is 0.147. The van der Waals surface area contributed by atoms with Gasteiger partial charge in [0.1, 0.15) is 10.7 Å². The molecule has 0 fully saturated rings. The van der Waals surface area contributed by atoms with E-state index in [0.29, 0.717) is 18.3 Å². The first-order valence-electron chi connectivity index (χ1n) is 6.30. The molecule has 1 rings (SSSR count). The van der Waals surface area contributed by atoms with Crippen LogP contribution in [0.3, 0.4) is 0 Å². The van der Waals surface area contributed by atoms with Crippen molar-refractivity contribution in [3.05, 3.63) is 16.5 Å². The number of sulfonamides is 1. The van der Waals surface area contributed by atoms with E-state index in [9.17, 15) is 8.42 Å². The molecule has 1 aromatic rings. The van der Waals surface area contributed by atoms with Crippen LogP contribution >= 0.6 is 15.9 Å². The summed E-state index contributed by atoms with van der Waals surface area (Å²) in [6, 6.07) is 1.75. The van der Waals surface area contributed by atoms with Gasteiger partial charge in [0.25, 0.3) is 0 Å². The Balaban J connectivity index is 2.89. The van der Waals surface area contributed by atoms with Gasteiger partial charge < -0.3 is 9.73 Å². The topological polar surface area (TPSA) is 71.3 Å². The molecule has 0 amide bonds. The molecule has 0 aromatic carbocycles. The number of rotatable bonds is 7. The largest absolute Gasteiger partial charge is 0.452 e. The zero-order chi connectivity index (χ0) is 14.6. The van der Waals surface area contributed by atoms with Crippen LogP contribution < -0.4 is 10.0 Å². The van der Waals surface area contributed by atoms with Crippen LogP contribution in [-0.2, 0) is 16.6 Å². The third-order valence-electron chi connectivity index (χ3n) is 2.65. The molecule has 1 heterocycles. The second-order valence-corrected chi connectivity index (χ2v) is 7.22. The fourth-order valence-electron chi connectivity index (χ4n) is 1.38. The molecule has 2 N–H and O–H groups in total. The van der Waals surface area contributed by atoms with Crippen molar-refractivity contribution in [2.24, 2.45) is 0 Å². The highest BCUT2D eigenvalue weighted by Crippen LogP contribution is 2.26. The Morgan fingerprint density at radius 3 is 2.53 bits per heavy atom. The molecule has 0 aliphatic carbocycles. The lowest BCUT2D eigenvalue weighted by Gasteiger charge is -2.10. The van der Waals surface area contributed by atoms with E-state index in [0.717, 1.165) is 6.42 Å². The first-order chi connectivity index (χ1) is 8.76. The van der Waals surface area contributed by atoms with Crippen molar-refractivity contribution < 1.29 is 12.8 Å². The van der Waals surface area contributed by atoms with Crippen molar-refractivity contribution in [2.45, 2.75) is 57.6 Å². The van der Waals surface area contributed by atoms with Crippen LogP contribution in [0.25, 0.3) is 0 Å². The molecule has 0 radical (unpaired) electrons. The summed E-state index contributed by atoms with van der Waals surface area (Å²) < 4.78 is 32.5. The lowest BCUT2D eigenvalue weighted by atomic mass is 10.3. The second kappa shape index (κ2) is 6.88. The molecule has 19 heavy (non-hydrogen) atoms. The summed E-state index contributed by atoms with van der Waals surface area (Å²) in [5.74, 6) is 0.588. The Kier molecular flexibility index (Phi) is 6.04. The van der Waals surface area contributed by atoms with Gasteiger partial charge in [0, 0.05) is 18.2 Å². The standard InChI is InChI=1S/C12H21BrN2O3S/c1-5-9(4)15-19(16,17)11-6-10(18-12(11)13)7-14-8(2)3/h6,8-9,14-15H,5,7H2,1-4H3. The minimum atomic E-state index is -3.54. The van der Waals surface area contributed by atoms with Crippen LogP contribution in [0.4, 0.5) is 0 Å². The van der Waals surface area contributed by atoms with E-state index in [1.807, 2.05) is 27.7 Å². The molecule has 0 saturated carbocycles. The third kappa shape index (κ3) is 4.91. The molecule has 1 unspecified atom stereocenters. The molecule has 1 atom stereocenters. The summed E-state index contributed by atoms with van der Waals surface area (Å²) >= 11 is 3.16. The van der Waals surface area contributed by atoms with E-state index in [4.69, 9.17) is 4.42 Å². The first kappa shape index (κ1) is 16.7. The van der Waals surface area contributed by atoms with Gasteiger partial charge in [-0.15, -0.1) is 0 Å². The number of nitrogens with one attached hydrogen (secondary N) is 2. The molecule has 7 heteroatoms. The summed E-state index contributed by atoms with van der Waals surface area (Å²) in [7, 11) is -3.54. The number of hydrogen-bond donors (Lipinski definition) is 2. The maximum Gasteiger partial charge on any atom is 0.245 e. The van der Waals surface area contributed by atoms with Gasteiger partial charge in [0.2, 0.25) is 10.0 Å². The van der Waals surface area contributed by atoms with E-state index in [1.165, 1.54) is 0 Å². The average Bonchev–Trinajstić information content (AvgIpc) is 2.68. The van der Waals surface area contributed by atoms with Crippen LogP contribution in [0.2, 0.25) is 0 Å². The SMILES string of the molecule is CCC(C)NS(=O)(=O)c1cc(CNC(C)C)oc1Br. The average molecular weight is 353 g/mol. The first-order valence-corrected chi connectivity index (χ1v) is 8.57. The Morgan fingerprint density at radius 2 is 2.00 bits per heavy atom. The van der Waals surface area contributed by atoms with Crippen molar-refractivity contribution in [2.75, 3.05) is 0 Å². The zero-order valence-electron chi connectivity index (χ0n) is 11.7. The Hall–Kier alpha value is -0.370. The summed E-state index contributed by atoms with van der Waals surface area (Å²) in [6.07, 6.45) is 0.733. The van der Waals surface area contributed by atoms with Gasteiger partial charge >= 0.3 is 0 Å². The van der Waals surface area contributed by atoms with Gasteiger partial charge in [0.15, 0.2) is 4.67 Å². The van der Waals surface area contributed by atoms with Gasteiger partial charge in [-0.25, -0.2) is 13.1 Å². The van der Waals surface area contributed by atoms with Crippen LogP contribution in [0.1, 0.15) is 39.9 Å². The monoisotopic (exact) mass is 352 g/mol. The molecular formula is C12H21BrN2O3S. The molecule has 0 spiro atoms. The fourth-order valence-corrected chi connectivity index (χ4v) is 3.71. The maximum absolute atomic E-state index is 12.2. The molecular weight excluding hydrogens is 332 g/mol. The molecule has 0 bridgehead atoms. The van der Waals surface area contributed by atoms with Crippen LogP contribution in [0.15, 0.2) is 20.0 Å². The van der Waals surface area contributed by atoms with E-state index < -0.39 is 10.0 Å². The molecule has 1 aromatic heterocycles. The molecule has 0 aliphatic heterocycles. The smallest absolute Gasteiger partial charge is 0.245 e. The Morgan fingerprint density at radius 1 is 1.37 bits per heavy atom. The second-order valence-electron chi connectivity index (χ2n) is 4.82. The van der Waals surface area contributed by atoms with Crippen molar-refractivity contribution >= 4 is 26.0 Å². The van der Waals surface area contributed by atoms with E-state index in [2.05, 4.69) is 26.0 Å². The predicted molar refractivity (Wildman–Crippen MR) is 78.5 cm³/mol. The van der Waals surface area contributed by atoms with Crippen LogP contribution in [-0.4, -0.2) is 20.5 Å². The number of furan rings is 1. The van der Waals surface area contributed by atoms with Crippen molar-refractivity contribution in [3.8, 4) is 0 Å².